The van der Waals surface area contributed by atoms with Gasteiger partial charge in [-0.25, -0.2) is 4.68 Å². The smallest absolute Gasteiger partial charge is 0.267 e. The molecule has 2 aromatic rings. The number of likely N-dealkylation sites (tertiary alicyclic amines) is 1. The molecule has 1 saturated heterocycles. The molecule has 5 heteroatoms. The minimum Gasteiger partial charge on any atom is -0.343 e. The Hall–Kier alpha value is -2.43. The predicted molar refractivity (Wildman–Crippen MR) is 115 cm³/mol. The summed E-state index contributed by atoms with van der Waals surface area (Å²) >= 11 is 0. The van der Waals surface area contributed by atoms with Crippen LogP contribution in [0.15, 0.2) is 41.2 Å². The van der Waals surface area contributed by atoms with Gasteiger partial charge >= 0.3 is 0 Å². The number of nitrogens with zero attached hydrogens (tertiary/aromatic N) is 3. The van der Waals surface area contributed by atoms with Crippen LogP contribution in [-0.4, -0.2) is 33.7 Å². The van der Waals surface area contributed by atoms with Gasteiger partial charge in [0.15, 0.2) is 0 Å². The van der Waals surface area contributed by atoms with E-state index in [0.29, 0.717) is 24.3 Å². The molecule has 0 spiro atoms. The Morgan fingerprint density at radius 1 is 1.03 bits per heavy atom. The van der Waals surface area contributed by atoms with Gasteiger partial charge in [-0.15, -0.1) is 0 Å². The van der Waals surface area contributed by atoms with Crippen LogP contribution in [0.3, 0.4) is 0 Å². The highest BCUT2D eigenvalue weighted by molar-refractivity contribution is 5.76. The number of aromatic nitrogens is 2. The van der Waals surface area contributed by atoms with Gasteiger partial charge < -0.3 is 4.90 Å². The zero-order valence-corrected chi connectivity index (χ0v) is 17.3. The van der Waals surface area contributed by atoms with Crippen molar-refractivity contribution in [2.45, 2.75) is 58.4 Å². The molecule has 29 heavy (non-hydrogen) atoms. The summed E-state index contributed by atoms with van der Waals surface area (Å²) in [4.78, 5) is 27.1. The summed E-state index contributed by atoms with van der Waals surface area (Å²) in [6, 6.07) is 11.7. The van der Waals surface area contributed by atoms with Crippen molar-refractivity contribution in [1.82, 2.24) is 14.7 Å². The highest BCUT2D eigenvalue weighted by Gasteiger charge is 2.26. The summed E-state index contributed by atoms with van der Waals surface area (Å²) in [5, 5.41) is 4.68. The van der Waals surface area contributed by atoms with Gasteiger partial charge in [0.25, 0.3) is 5.56 Å². The molecule has 5 nitrogen and oxygen atoms in total. The third-order valence-electron chi connectivity index (χ3n) is 6.57. The van der Waals surface area contributed by atoms with Crippen molar-refractivity contribution in [2.75, 3.05) is 13.1 Å². The average molecular weight is 394 g/mol. The minimum atomic E-state index is -0.0399. The monoisotopic (exact) mass is 393 g/mol. The second-order valence-electron chi connectivity index (χ2n) is 8.74. The van der Waals surface area contributed by atoms with Crippen LogP contribution in [0.25, 0.3) is 11.3 Å². The van der Waals surface area contributed by atoms with Gasteiger partial charge in [-0.2, -0.15) is 5.10 Å². The number of rotatable bonds is 5. The van der Waals surface area contributed by atoms with Crippen LogP contribution in [0.2, 0.25) is 0 Å². The Kier molecular flexibility index (Phi) is 6.12. The summed E-state index contributed by atoms with van der Waals surface area (Å²) in [5.41, 5.74) is 2.77. The maximum Gasteiger partial charge on any atom is 0.267 e. The highest BCUT2D eigenvalue weighted by Crippen LogP contribution is 2.29. The van der Waals surface area contributed by atoms with E-state index in [2.05, 4.69) is 5.10 Å². The van der Waals surface area contributed by atoms with Gasteiger partial charge in [0, 0.05) is 37.7 Å². The second-order valence-corrected chi connectivity index (χ2v) is 8.74. The quantitative estimate of drug-likeness (QED) is 0.770. The van der Waals surface area contributed by atoms with Gasteiger partial charge in [-0.1, -0.05) is 43.2 Å². The molecule has 0 atom stereocenters. The molecule has 0 radical (unpaired) electrons. The number of aryl methyl sites for hydroxylation is 1. The topological polar surface area (TPSA) is 55.2 Å². The first-order valence-corrected chi connectivity index (χ1v) is 11.0. The predicted octanol–water partition coefficient (Wildman–Crippen LogP) is 4.04. The number of benzene rings is 1. The van der Waals surface area contributed by atoms with Crippen molar-refractivity contribution >= 4 is 5.91 Å². The van der Waals surface area contributed by atoms with Crippen molar-refractivity contribution in [3.8, 4) is 11.3 Å². The Balaban J connectivity index is 1.38. The zero-order valence-electron chi connectivity index (χ0n) is 17.3. The molecule has 154 valence electrons. The van der Waals surface area contributed by atoms with Crippen LogP contribution in [0.5, 0.6) is 0 Å². The molecular formula is C24H31N3O2. The Morgan fingerprint density at radius 2 is 1.72 bits per heavy atom. The van der Waals surface area contributed by atoms with Crippen LogP contribution in [0.4, 0.5) is 0 Å². The number of hydrogen-bond acceptors (Lipinski definition) is 3. The summed E-state index contributed by atoms with van der Waals surface area (Å²) in [6.07, 6.45) is 7.61. The van der Waals surface area contributed by atoms with E-state index in [1.807, 2.05) is 42.2 Å². The molecule has 1 amide bonds. The Labute approximate surface area is 172 Å². The third-order valence-corrected chi connectivity index (χ3v) is 6.57. The first-order valence-electron chi connectivity index (χ1n) is 11.0. The lowest BCUT2D eigenvalue weighted by Gasteiger charge is -2.32. The fraction of sp³-hybridized carbons (Fsp3) is 0.542. The standard InChI is InChI=1S/C24H31N3O2/c1-18-15-23(29)27(25-24(18)21-9-3-2-4-10-21)17-20-11-13-26(14-12-20)22(28)16-19-7-5-6-8-19/h2-4,9-10,15,19-20H,5-8,11-14,16-17H2,1H3. The first-order chi connectivity index (χ1) is 14.1. The number of piperidine rings is 1. The molecule has 1 aliphatic heterocycles. The highest BCUT2D eigenvalue weighted by atomic mass is 16.2. The number of hydrogen-bond donors (Lipinski definition) is 0. The van der Waals surface area contributed by atoms with Crippen molar-refractivity contribution in [3.05, 3.63) is 52.3 Å². The fourth-order valence-electron chi connectivity index (χ4n) is 4.79. The van der Waals surface area contributed by atoms with E-state index in [-0.39, 0.29) is 5.56 Å². The largest absolute Gasteiger partial charge is 0.343 e. The number of amides is 1. The van der Waals surface area contributed by atoms with E-state index in [0.717, 1.165) is 49.2 Å². The molecule has 1 saturated carbocycles. The Morgan fingerprint density at radius 3 is 2.41 bits per heavy atom. The summed E-state index contributed by atoms with van der Waals surface area (Å²) in [5.74, 6) is 1.32. The van der Waals surface area contributed by atoms with Crippen LogP contribution in [-0.2, 0) is 11.3 Å². The maximum atomic E-state index is 12.6. The van der Waals surface area contributed by atoms with Gasteiger partial charge in [-0.3, -0.25) is 9.59 Å². The van der Waals surface area contributed by atoms with Crippen LogP contribution in [0.1, 0.15) is 50.5 Å². The number of carbonyl (C=O) groups is 1. The van der Waals surface area contributed by atoms with Crippen LogP contribution >= 0.6 is 0 Å². The lowest BCUT2D eigenvalue weighted by Crippen LogP contribution is -2.40. The number of carbonyl (C=O) groups excluding carboxylic acids is 1. The lowest BCUT2D eigenvalue weighted by atomic mass is 9.95. The molecule has 4 rings (SSSR count). The van der Waals surface area contributed by atoms with E-state index in [1.165, 1.54) is 25.7 Å². The fourth-order valence-corrected chi connectivity index (χ4v) is 4.79. The molecular weight excluding hydrogens is 362 g/mol. The molecule has 2 heterocycles. The van der Waals surface area contributed by atoms with Crippen molar-refractivity contribution in [1.29, 1.82) is 0 Å². The second kappa shape index (κ2) is 8.93. The molecule has 1 aliphatic carbocycles. The Bertz CT molecular complexity index is 892. The summed E-state index contributed by atoms with van der Waals surface area (Å²) in [7, 11) is 0. The summed E-state index contributed by atoms with van der Waals surface area (Å²) in [6.45, 7) is 4.18. The van der Waals surface area contributed by atoms with Crippen LogP contribution < -0.4 is 5.56 Å². The zero-order chi connectivity index (χ0) is 20.2. The molecule has 1 aromatic heterocycles. The molecule has 0 unspecified atom stereocenters. The van der Waals surface area contributed by atoms with E-state index >= 15 is 0 Å². The molecule has 0 N–H and O–H groups in total. The van der Waals surface area contributed by atoms with Gasteiger partial charge in [0.1, 0.15) is 0 Å². The van der Waals surface area contributed by atoms with Gasteiger partial charge in [0.05, 0.1) is 5.69 Å². The third kappa shape index (κ3) is 4.77. The molecule has 1 aromatic carbocycles. The molecule has 0 bridgehead atoms. The summed E-state index contributed by atoms with van der Waals surface area (Å²) < 4.78 is 1.62. The first kappa shape index (κ1) is 19.9. The average Bonchev–Trinajstić information content (AvgIpc) is 3.24. The SMILES string of the molecule is Cc1cc(=O)n(CC2CCN(C(=O)CC3CCCC3)CC2)nc1-c1ccccc1. The van der Waals surface area contributed by atoms with E-state index in [4.69, 9.17) is 0 Å². The lowest BCUT2D eigenvalue weighted by molar-refractivity contribution is -0.133. The molecule has 2 aliphatic rings. The maximum absolute atomic E-state index is 12.6. The van der Waals surface area contributed by atoms with E-state index < -0.39 is 0 Å². The van der Waals surface area contributed by atoms with Gasteiger partial charge in [-0.05, 0) is 50.0 Å². The molecule has 2 fully saturated rings. The minimum absolute atomic E-state index is 0.0399. The van der Waals surface area contributed by atoms with Crippen LogP contribution in [0, 0.1) is 18.8 Å². The van der Waals surface area contributed by atoms with Crippen molar-refractivity contribution < 1.29 is 4.79 Å². The van der Waals surface area contributed by atoms with Crippen molar-refractivity contribution in [3.63, 3.8) is 0 Å². The van der Waals surface area contributed by atoms with Gasteiger partial charge in [0.2, 0.25) is 5.91 Å². The van der Waals surface area contributed by atoms with E-state index in [1.54, 1.807) is 10.7 Å². The normalized spacial score (nSPS) is 18.3. The van der Waals surface area contributed by atoms with E-state index in [9.17, 15) is 9.59 Å². The van der Waals surface area contributed by atoms with Crippen molar-refractivity contribution in [2.24, 2.45) is 11.8 Å².